The van der Waals surface area contributed by atoms with Crippen molar-refractivity contribution >= 4 is 35.3 Å². The summed E-state index contributed by atoms with van der Waals surface area (Å²) >= 11 is 12.0. The molecule has 4 nitrogen and oxygen atoms in total. The van der Waals surface area contributed by atoms with Crippen LogP contribution in [0.1, 0.15) is 16.7 Å². The van der Waals surface area contributed by atoms with Crippen molar-refractivity contribution in [3.05, 3.63) is 99.0 Å². The van der Waals surface area contributed by atoms with Gasteiger partial charge in [-0.1, -0.05) is 41.4 Å². The van der Waals surface area contributed by atoms with Crippen LogP contribution in [0.25, 0.3) is 0 Å². The van der Waals surface area contributed by atoms with Crippen LogP contribution in [0.5, 0.6) is 5.75 Å². The largest absolute Gasteiger partial charge is 0.488 e. The van der Waals surface area contributed by atoms with Crippen LogP contribution in [0.15, 0.2) is 65.8 Å². The number of halogens is 4. The van der Waals surface area contributed by atoms with Gasteiger partial charge in [-0.05, 0) is 48.0 Å². The van der Waals surface area contributed by atoms with Gasteiger partial charge < -0.3 is 4.74 Å². The van der Waals surface area contributed by atoms with Crippen LogP contribution in [-0.4, -0.2) is 12.1 Å². The molecule has 1 N–H and O–H groups in total. The number of hydrazone groups is 1. The fourth-order valence-electron chi connectivity index (χ4n) is 2.57. The number of ether oxygens (including phenoxy) is 1. The second-order valence-corrected chi connectivity index (χ2v) is 7.11. The first-order valence-electron chi connectivity index (χ1n) is 8.84. The Bertz CT molecular complexity index is 1050. The number of carbonyl (C=O) groups is 1. The summed E-state index contributed by atoms with van der Waals surface area (Å²) in [5.41, 5.74) is 3.75. The Balaban J connectivity index is 1.65. The second-order valence-electron chi connectivity index (χ2n) is 6.27. The third-order valence-electron chi connectivity index (χ3n) is 4.08. The molecule has 3 aromatic rings. The maximum absolute atomic E-state index is 13.9. The van der Waals surface area contributed by atoms with Crippen molar-refractivity contribution in [2.24, 2.45) is 5.10 Å². The molecule has 30 heavy (non-hydrogen) atoms. The van der Waals surface area contributed by atoms with Gasteiger partial charge in [0, 0.05) is 16.1 Å². The maximum atomic E-state index is 13.9. The average molecular weight is 449 g/mol. The molecule has 0 saturated heterocycles. The Morgan fingerprint density at radius 1 is 1.07 bits per heavy atom. The van der Waals surface area contributed by atoms with E-state index in [1.807, 2.05) is 0 Å². The molecular formula is C22H16Cl2F2N2O2. The van der Waals surface area contributed by atoms with E-state index in [4.69, 9.17) is 27.9 Å². The highest BCUT2D eigenvalue weighted by molar-refractivity contribution is 6.31. The predicted octanol–water partition coefficient (Wildman–Crippen LogP) is 5.54. The SMILES string of the molecule is O=C(Cc1ccc(F)cc1)N/N=C/c1cc(Cl)ccc1OCc1c(F)cccc1Cl. The van der Waals surface area contributed by atoms with E-state index in [9.17, 15) is 13.6 Å². The van der Waals surface area contributed by atoms with Crippen LogP contribution in [0.4, 0.5) is 8.78 Å². The second kappa shape index (κ2) is 10.2. The van der Waals surface area contributed by atoms with E-state index in [0.717, 1.165) is 0 Å². The van der Waals surface area contributed by atoms with Gasteiger partial charge in [-0.25, -0.2) is 14.2 Å². The molecule has 3 rings (SSSR count). The standard InChI is InChI=1S/C22H16Cl2F2N2O2/c23-16-6-9-21(30-13-18-19(24)2-1-3-20(18)26)15(11-16)12-27-28-22(29)10-14-4-7-17(25)8-5-14/h1-9,11-12H,10,13H2,(H,28,29)/b27-12+. The minimum Gasteiger partial charge on any atom is -0.488 e. The van der Waals surface area contributed by atoms with Crippen molar-refractivity contribution in [3.63, 3.8) is 0 Å². The Kier molecular flexibility index (Phi) is 7.38. The number of hydrogen-bond donors (Lipinski definition) is 1. The molecule has 0 saturated carbocycles. The van der Waals surface area contributed by atoms with E-state index in [2.05, 4.69) is 10.5 Å². The fraction of sp³-hybridized carbons (Fsp3) is 0.0909. The molecular weight excluding hydrogens is 433 g/mol. The highest BCUT2D eigenvalue weighted by Gasteiger charge is 2.10. The van der Waals surface area contributed by atoms with E-state index in [-0.39, 0.29) is 35.3 Å². The monoisotopic (exact) mass is 448 g/mol. The third-order valence-corrected chi connectivity index (χ3v) is 4.67. The van der Waals surface area contributed by atoms with Gasteiger partial charge in [-0.2, -0.15) is 5.10 Å². The van der Waals surface area contributed by atoms with Gasteiger partial charge in [0.05, 0.1) is 17.7 Å². The summed E-state index contributed by atoms with van der Waals surface area (Å²) in [6.45, 7) is -0.0924. The molecule has 0 aliphatic rings. The number of amides is 1. The van der Waals surface area contributed by atoms with Crippen molar-refractivity contribution < 1.29 is 18.3 Å². The lowest BCUT2D eigenvalue weighted by Gasteiger charge is -2.11. The number of nitrogens with zero attached hydrogens (tertiary/aromatic N) is 1. The summed E-state index contributed by atoms with van der Waals surface area (Å²) in [4.78, 5) is 12.0. The Labute approximate surface area is 182 Å². The van der Waals surface area contributed by atoms with Crippen molar-refractivity contribution in [2.45, 2.75) is 13.0 Å². The molecule has 0 aromatic heterocycles. The van der Waals surface area contributed by atoms with E-state index < -0.39 is 5.82 Å². The summed E-state index contributed by atoms with van der Waals surface area (Å²) in [7, 11) is 0. The van der Waals surface area contributed by atoms with E-state index >= 15 is 0 Å². The lowest BCUT2D eigenvalue weighted by molar-refractivity contribution is -0.120. The molecule has 0 aliphatic carbocycles. The van der Waals surface area contributed by atoms with Crippen molar-refractivity contribution in [1.29, 1.82) is 0 Å². The highest BCUT2D eigenvalue weighted by Crippen LogP contribution is 2.25. The predicted molar refractivity (Wildman–Crippen MR) is 113 cm³/mol. The molecule has 154 valence electrons. The van der Waals surface area contributed by atoms with Crippen LogP contribution < -0.4 is 10.2 Å². The first-order valence-corrected chi connectivity index (χ1v) is 9.59. The number of benzene rings is 3. The fourth-order valence-corrected chi connectivity index (χ4v) is 2.97. The summed E-state index contributed by atoms with van der Waals surface area (Å²) < 4.78 is 32.5. The first kappa shape index (κ1) is 21.7. The van der Waals surface area contributed by atoms with Gasteiger partial charge in [0.15, 0.2) is 0 Å². The van der Waals surface area contributed by atoms with Gasteiger partial charge >= 0.3 is 0 Å². The molecule has 0 aliphatic heterocycles. The molecule has 0 unspecified atom stereocenters. The zero-order valence-electron chi connectivity index (χ0n) is 15.5. The summed E-state index contributed by atoms with van der Waals surface area (Å²) in [5, 5.41) is 4.60. The van der Waals surface area contributed by atoms with Crippen molar-refractivity contribution in [1.82, 2.24) is 5.43 Å². The lowest BCUT2D eigenvalue weighted by atomic mass is 10.1. The summed E-state index contributed by atoms with van der Waals surface area (Å²) in [6.07, 6.45) is 1.41. The van der Waals surface area contributed by atoms with Gasteiger partial charge in [0.2, 0.25) is 5.91 Å². The zero-order chi connectivity index (χ0) is 21.5. The Morgan fingerprint density at radius 3 is 2.57 bits per heavy atom. The molecule has 0 atom stereocenters. The molecule has 3 aromatic carbocycles. The number of carbonyl (C=O) groups excluding carboxylic acids is 1. The Hall–Kier alpha value is -2.96. The average Bonchev–Trinajstić information content (AvgIpc) is 2.71. The summed E-state index contributed by atoms with van der Waals surface area (Å²) in [6, 6.07) is 14.8. The number of rotatable bonds is 7. The van der Waals surface area contributed by atoms with Crippen LogP contribution in [-0.2, 0) is 17.8 Å². The number of nitrogens with one attached hydrogen (secondary N) is 1. The van der Waals surface area contributed by atoms with Crippen LogP contribution in [0.2, 0.25) is 10.0 Å². The number of hydrogen-bond acceptors (Lipinski definition) is 3. The maximum Gasteiger partial charge on any atom is 0.244 e. The normalized spacial score (nSPS) is 10.9. The van der Waals surface area contributed by atoms with E-state index in [0.29, 0.717) is 21.9 Å². The molecule has 0 heterocycles. The van der Waals surface area contributed by atoms with Gasteiger partial charge in [-0.15, -0.1) is 0 Å². The molecule has 0 spiro atoms. The Morgan fingerprint density at radius 2 is 1.83 bits per heavy atom. The molecule has 0 radical (unpaired) electrons. The first-order chi connectivity index (χ1) is 14.4. The smallest absolute Gasteiger partial charge is 0.244 e. The minimum atomic E-state index is -0.472. The van der Waals surface area contributed by atoms with E-state index in [1.54, 1.807) is 24.3 Å². The molecule has 1 amide bonds. The molecule has 8 heteroatoms. The van der Waals surface area contributed by atoms with Gasteiger partial charge in [0.1, 0.15) is 24.0 Å². The van der Waals surface area contributed by atoms with E-state index in [1.165, 1.54) is 42.6 Å². The van der Waals surface area contributed by atoms with Gasteiger partial charge in [0.25, 0.3) is 0 Å². The zero-order valence-corrected chi connectivity index (χ0v) is 17.1. The summed E-state index contributed by atoms with van der Waals surface area (Å²) in [5.74, 6) is -0.835. The minimum absolute atomic E-state index is 0.0440. The third kappa shape index (κ3) is 6.02. The van der Waals surface area contributed by atoms with Crippen molar-refractivity contribution in [2.75, 3.05) is 0 Å². The highest BCUT2D eigenvalue weighted by atomic mass is 35.5. The topological polar surface area (TPSA) is 50.7 Å². The van der Waals surface area contributed by atoms with Crippen molar-refractivity contribution in [3.8, 4) is 5.75 Å². The van der Waals surface area contributed by atoms with Gasteiger partial charge in [-0.3, -0.25) is 4.79 Å². The molecule has 0 fully saturated rings. The van der Waals surface area contributed by atoms with Crippen LogP contribution in [0.3, 0.4) is 0 Å². The quantitative estimate of drug-likeness (QED) is 0.380. The van der Waals surface area contributed by atoms with Crippen LogP contribution in [0, 0.1) is 11.6 Å². The lowest BCUT2D eigenvalue weighted by Crippen LogP contribution is -2.19. The van der Waals surface area contributed by atoms with Crippen LogP contribution >= 0.6 is 23.2 Å². The molecule has 0 bridgehead atoms.